The number of carboxylic acid groups (broad SMARTS) is 1. The number of hydrogen-bond acceptors (Lipinski definition) is 10. The summed E-state index contributed by atoms with van der Waals surface area (Å²) < 4.78 is 87.3. The molecule has 79 heavy (non-hydrogen) atoms. The third-order valence-corrected chi connectivity index (χ3v) is 15.0. The third kappa shape index (κ3) is 14.1. The first kappa shape index (κ1) is 65.8. The van der Waals surface area contributed by atoms with Crippen molar-refractivity contribution in [3.05, 3.63) is 125 Å². The molecule has 2 amide bonds. The number of carboxylic acids is 1. The van der Waals surface area contributed by atoms with Gasteiger partial charge < -0.3 is 39.7 Å². The minimum Gasteiger partial charge on any atom is -0.870 e. The van der Waals surface area contributed by atoms with Crippen LogP contribution in [0.15, 0.2) is 48.5 Å². The van der Waals surface area contributed by atoms with Crippen molar-refractivity contribution in [2.24, 2.45) is 25.9 Å². The van der Waals surface area contributed by atoms with E-state index in [1.807, 2.05) is 0 Å². The maximum absolute atomic E-state index is 13.6. The maximum Gasteiger partial charge on any atom is 1.00 e. The SMILES string of the molecule is CCOC(=O)CC1CCN(C(=O)c2ccc(Cl)c(C(=O)c3cc4c(C)cc(C(F)(F)F)nc4n3C)c2Cl)CC1.Cc1cc(C(F)(F)F)nc2c1cc(C(=O)c1c(Cl)ccc(C(=O)N3CCC(CC(=O)O)CC3)c1Cl)n2C.O.[Li+].[OH-]. The monoisotopic (exact) mass is 1180 g/mol. The second-order valence-corrected chi connectivity index (χ2v) is 20.2. The van der Waals surface area contributed by atoms with Gasteiger partial charge in [0.2, 0.25) is 11.6 Å². The third-order valence-electron chi connectivity index (χ3n) is 13.6. The van der Waals surface area contributed by atoms with E-state index in [9.17, 15) is 55.1 Å². The second-order valence-electron chi connectivity index (χ2n) is 18.6. The zero-order valence-electron chi connectivity index (χ0n) is 43.3. The molecule has 0 unspecified atom stereocenters. The number of aliphatic carboxylic acids is 1. The van der Waals surface area contributed by atoms with Crippen molar-refractivity contribution in [2.45, 2.75) is 71.6 Å². The number of pyridine rings is 2. The molecule has 0 atom stereocenters. The van der Waals surface area contributed by atoms with Gasteiger partial charge in [-0.1, -0.05) is 46.4 Å². The number of likely N-dealkylation sites (tertiary alicyclic amines) is 2. The number of rotatable bonds is 11. The molecule has 2 aliphatic heterocycles. The van der Waals surface area contributed by atoms with Crippen molar-refractivity contribution in [3.8, 4) is 0 Å². The summed E-state index contributed by atoms with van der Waals surface area (Å²) in [5, 5.41) is 9.40. The normalized spacial score (nSPS) is 14.2. The molecule has 2 aromatic carbocycles. The number of ether oxygens (including phenoxy) is 1. The van der Waals surface area contributed by atoms with Gasteiger partial charge in [-0.2, -0.15) is 26.3 Å². The molecule has 2 saturated heterocycles. The molecule has 420 valence electrons. The van der Waals surface area contributed by atoms with E-state index < -0.39 is 47.2 Å². The fourth-order valence-corrected chi connectivity index (χ4v) is 10.7. The zero-order chi connectivity index (χ0) is 55.9. The van der Waals surface area contributed by atoms with Gasteiger partial charge in [0.25, 0.3) is 11.8 Å². The molecule has 2 fully saturated rings. The molecule has 6 heterocycles. The Bertz CT molecular complexity index is 3340. The van der Waals surface area contributed by atoms with Gasteiger partial charge in [-0.15, -0.1) is 0 Å². The Labute approximate surface area is 480 Å². The zero-order valence-corrected chi connectivity index (χ0v) is 46.3. The number of fused-ring (bicyclic) bond motifs is 2. The Morgan fingerprint density at radius 2 is 0.987 bits per heavy atom. The van der Waals surface area contributed by atoms with Gasteiger partial charge in [0.15, 0.2) is 0 Å². The number of esters is 1. The van der Waals surface area contributed by atoms with E-state index in [1.165, 1.54) is 73.5 Å². The number of halogens is 10. The molecule has 4 N–H and O–H groups in total. The number of alkyl halides is 6. The van der Waals surface area contributed by atoms with Gasteiger partial charge in [0, 0.05) is 63.9 Å². The molecule has 0 saturated carbocycles. The number of ketones is 2. The Balaban J connectivity index is 0.000000328. The topological polar surface area (TPSA) is 236 Å². The van der Waals surface area contributed by atoms with Crippen molar-refractivity contribution >= 4 is 104 Å². The minimum absolute atomic E-state index is 0. The molecule has 2 aliphatic rings. The van der Waals surface area contributed by atoms with Crippen molar-refractivity contribution in [2.75, 3.05) is 32.8 Å². The second kappa shape index (κ2) is 26.3. The first-order valence-electron chi connectivity index (χ1n) is 23.7. The number of aromatic nitrogens is 4. The summed E-state index contributed by atoms with van der Waals surface area (Å²) in [5.74, 6) is -3.20. The van der Waals surface area contributed by atoms with Crippen molar-refractivity contribution < 1.29 is 94.8 Å². The van der Waals surface area contributed by atoms with E-state index in [0.717, 1.165) is 12.1 Å². The van der Waals surface area contributed by atoms with Crippen LogP contribution in [0.2, 0.25) is 20.1 Å². The van der Waals surface area contributed by atoms with Gasteiger partial charge in [-0.3, -0.25) is 28.8 Å². The molecule has 0 aliphatic carbocycles. The van der Waals surface area contributed by atoms with Crippen LogP contribution in [-0.4, -0.2) is 113 Å². The molecule has 0 spiro atoms. The molecule has 16 nitrogen and oxygen atoms in total. The van der Waals surface area contributed by atoms with Crippen LogP contribution in [0.1, 0.15) is 121 Å². The smallest absolute Gasteiger partial charge is 0.870 e. The van der Waals surface area contributed by atoms with E-state index in [0.29, 0.717) is 86.8 Å². The van der Waals surface area contributed by atoms with Gasteiger partial charge in [-0.05, 0) is 118 Å². The summed E-state index contributed by atoms with van der Waals surface area (Å²) in [6.07, 6.45) is -6.70. The van der Waals surface area contributed by atoms with Crippen LogP contribution in [0.3, 0.4) is 0 Å². The fraction of sp³-hybridized carbons (Fsp3) is 0.385. The molecule has 6 aromatic rings. The Kier molecular flexibility index (Phi) is 21.9. The van der Waals surface area contributed by atoms with Gasteiger partial charge >= 0.3 is 43.2 Å². The standard InChI is InChI=1S/C27H26Cl2F3N3O4.C25H22Cl2F3N3O4.Li.2H2O/c1-4-39-21(36)12-15-7-9-35(10-8-15)26(38)16-5-6-18(28)22(23(16)29)24(37)19-13-17-14(2)11-20(27(30,31)32)33-25(17)34(19)3;1-12-9-18(25(28,29)30)31-23-15(12)11-17(32(23)2)22(36)20-16(26)4-3-14(21(20)27)24(37)33-7-5-13(6-8-33)10-19(34)35;;;/h5-6,11,13,15H,4,7-10,12H2,1-3H3;3-4,9,11,13H,5-8,10H2,1-2H3,(H,34,35);;2*1H2/q;;+1;;/p-1. The number of carbonyl (C=O) groups is 6. The summed E-state index contributed by atoms with van der Waals surface area (Å²) in [6, 6.07) is 10.3. The van der Waals surface area contributed by atoms with Gasteiger partial charge in [-0.25, -0.2) is 9.97 Å². The average molecular weight is 1180 g/mol. The Hall–Kier alpha value is -5.70. The molecule has 8 rings (SSSR count). The number of benzene rings is 2. The van der Waals surface area contributed by atoms with Crippen LogP contribution < -0.4 is 18.9 Å². The largest absolute Gasteiger partial charge is 1.00 e. The number of carbonyl (C=O) groups excluding carboxylic acids is 5. The molecule has 0 bridgehead atoms. The number of amides is 2. The van der Waals surface area contributed by atoms with Crippen molar-refractivity contribution in [1.29, 1.82) is 0 Å². The van der Waals surface area contributed by atoms with E-state index in [-0.39, 0.29) is 125 Å². The summed E-state index contributed by atoms with van der Waals surface area (Å²) >= 11 is 25.8. The first-order chi connectivity index (χ1) is 35.6. The quantitative estimate of drug-likeness (QED) is 0.0564. The van der Waals surface area contributed by atoms with E-state index in [1.54, 1.807) is 16.7 Å². The van der Waals surface area contributed by atoms with E-state index in [4.69, 9.17) is 56.2 Å². The van der Waals surface area contributed by atoms with Crippen molar-refractivity contribution in [3.63, 3.8) is 0 Å². The number of aryl methyl sites for hydroxylation is 4. The van der Waals surface area contributed by atoms with E-state index in [2.05, 4.69) is 9.97 Å². The minimum atomic E-state index is -4.66. The van der Waals surface area contributed by atoms with Crippen LogP contribution in [0, 0.1) is 25.7 Å². The van der Waals surface area contributed by atoms with Crippen molar-refractivity contribution in [1.82, 2.24) is 28.9 Å². The number of nitrogens with zero attached hydrogens (tertiary/aromatic N) is 6. The summed E-state index contributed by atoms with van der Waals surface area (Å²) in [4.78, 5) is 87.0. The average Bonchev–Trinajstić information content (AvgIpc) is 3.89. The van der Waals surface area contributed by atoms with Crippen LogP contribution in [0.4, 0.5) is 26.3 Å². The van der Waals surface area contributed by atoms with E-state index >= 15 is 0 Å². The molecule has 0 radical (unpaired) electrons. The molecular formula is C52H51Cl4F6LiN6O10. The van der Waals surface area contributed by atoms with Crippen LogP contribution in [0.5, 0.6) is 0 Å². The first-order valence-corrected chi connectivity index (χ1v) is 25.2. The fourth-order valence-electron chi connectivity index (χ4n) is 9.45. The van der Waals surface area contributed by atoms with Crippen LogP contribution in [0.25, 0.3) is 22.1 Å². The summed E-state index contributed by atoms with van der Waals surface area (Å²) in [7, 11) is 2.85. The number of piperidine rings is 2. The van der Waals surface area contributed by atoms with Gasteiger partial charge in [0.05, 0.1) is 60.3 Å². The van der Waals surface area contributed by atoms with Crippen LogP contribution >= 0.6 is 46.4 Å². The summed E-state index contributed by atoms with van der Waals surface area (Å²) in [5.41, 5.74) is -1.70. The predicted octanol–water partition coefficient (Wildman–Crippen LogP) is 8.01. The van der Waals surface area contributed by atoms with Gasteiger partial charge in [0.1, 0.15) is 22.7 Å². The maximum atomic E-state index is 13.6. The molecule has 4 aromatic heterocycles. The number of hydrogen-bond donors (Lipinski definition) is 1. The Morgan fingerprint density at radius 3 is 1.32 bits per heavy atom. The predicted molar refractivity (Wildman–Crippen MR) is 277 cm³/mol. The summed E-state index contributed by atoms with van der Waals surface area (Å²) in [6.45, 7) is 6.55. The molecule has 27 heteroatoms. The Morgan fingerprint density at radius 1 is 0.633 bits per heavy atom. The molecular weight excluding hydrogens is 1130 g/mol. The van der Waals surface area contributed by atoms with Crippen LogP contribution in [-0.2, 0) is 40.8 Å².